The number of aryl methyl sites for hydroxylation is 1. The van der Waals surface area contributed by atoms with Crippen molar-refractivity contribution in [1.82, 2.24) is 14.9 Å². The SMILES string of the molecule is COCCN1CCC(Nc2ccc3c(c2)C(=C(c2ccc(C)c(F)c2)c2ncc[nH]2)C(=O)N3)CC1. The molecule has 0 aliphatic carbocycles. The third-order valence-corrected chi connectivity index (χ3v) is 6.78. The van der Waals surface area contributed by atoms with Crippen LogP contribution in [0.4, 0.5) is 15.8 Å². The van der Waals surface area contributed by atoms with Gasteiger partial charge in [-0.25, -0.2) is 9.37 Å². The molecule has 0 radical (unpaired) electrons. The Kier molecular flexibility index (Phi) is 6.66. The number of aromatic nitrogens is 2. The van der Waals surface area contributed by atoms with E-state index in [-0.39, 0.29) is 11.7 Å². The Balaban J connectivity index is 1.47. The molecule has 1 aromatic heterocycles. The smallest absolute Gasteiger partial charge is 0.257 e. The van der Waals surface area contributed by atoms with Gasteiger partial charge in [-0.1, -0.05) is 12.1 Å². The standard InChI is InChI=1S/C27H30FN5O2/c1-17-3-4-18(15-22(17)28)24(26-29-9-10-30-26)25-21-16-20(5-6-23(21)32-27(25)34)31-19-7-11-33(12-8-19)13-14-35-2/h3-6,9-10,15-16,19,31H,7-8,11-14H2,1-2H3,(H,29,30)(H,32,34). The molecule has 1 fully saturated rings. The van der Waals surface area contributed by atoms with Crippen molar-refractivity contribution in [3.8, 4) is 0 Å². The van der Waals surface area contributed by atoms with Crippen molar-refractivity contribution < 1.29 is 13.9 Å². The van der Waals surface area contributed by atoms with E-state index in [2.05, 4.69) is 25.5 Å². The lowest BCUT2D eigenvalue weighted by Crippen LogP contribution is -2.40. The van der Waals surface area contributed by atoms with Gasteiger partial charge < -0.3 is 25.3 Å². The van der Waals surface area contributed by atoms with Crippen molar-refractivity contribution in [3.63, 3.8) is 0 Å². The van der Waals surface area contributed by atoms with Crippen LogP contribution in [0.1, 0.15) is 35.4 Å². The molecule has 3 aromatic rings. The summed E-state index contributed by atoms with van der Waals surface area (Å²) in [7, 11) is 1.73. The summed E-state index contributed by atoms with van der Waals surface area (Å²) in [5.74, 6) is -0.0259. The first-order valence-electron chi connectivity index (χ1n) is 12.0. The summed E-state index contributed by atoms with van der Waals surface area (Å²) in [6, 6.07) is 11.3. The van der Waals surface area contributed by atoms with E-state index in [9.17, 15) is 9.18 Å². The van der Waals surface area contributed by atoms with Crippen molar-refractivity contribution in [3.05, 3.63) is 77.1 Å². The number of aromatic amines is 1. The number of fused-ring (bicyclic) bond motifs is 1. The van der Waals surface area contributed by atoms with E-state index in [0.29, 0.717) is 34.1 Å². The zero-order chi connectivity index (χ0) is 24.4. The molecule has 3 heterocycles. The van der Waals surface area contributed by atoms with Crippen molar-refractivity contribution in [2.45, 2.75) is 25.8 Å². The molecule has 1 saturated heterocycles. The normalized spacial score (nSPS) is 17.9. The Morgan fingerprint density at radius 1 is 1.23 bits per heavy atom. The number of imidazole rings is 1. The summed E-state index contributed by atoms with van der Waals surface area (Å²) in [6.07, 6.45) is 5.41. The molecule has 182 valence electrons. The monoisotopic (exact) mass is 475 g/mol. The molecule has 7 nitrogen and oxygen atoms in total. The zero-order valence-electron chi connectivity index (χ0n) is 20.0. The molecule has 2 aliphatic heterocycles. The third kappa shape index (κ3) is 4.85. The second-order valence-corrected chi connectivity index (χ2v) is 9.12. The highest BCUT2D eigenvalue weighted by Crippen LogP contribution is 2.40. The number of likely N-dealkylation sites (tertiary alicyclic amines) is 1. The first kappa shape index (κ1) is 23.3. The van der Waals surface area contributed by atoms with Crippen LogP contribution in [0.3, 0.4) is 0 Å². The molecule has 0 unspecified atom stereocenters. The van der Waals surface area contributed by atoms with Crippen LogP contribution in [0.5, 0.6) is 0 Å². The summed E-state index contributed by atoms with van der Waals surface area (Å²) in [6.45, 7) is 5.48. The summed E-state index contributed by atoms with van der Waals surface area (Å²) in [4.78, 5) is 23.1. The van der Waals surface area contributed by atoms with Crippen LogP contribution in [-0.4, -0.2) is 60.2 Å². The molecule has 0 atom stereocenters. The van der Waals surface area contributed by atoms with Crippen LogP contribution < -0.4 is 10.6 Å². The van der Waals surface area contributed by atoms with E-state index in [0.717, 1.165) is 56.0 Å². The maximum atomic E-state index is 14.5. The first-order chi connectivity index (χ1) is 17.0. The molecule has 5 rings (SSSR count). The maximum absolute atomic E-state index is 14.5. The van der Waals surface area contributed by atoms with Crippen LogP contribution >= 0.6 is 0 Å². The zero-order valence-corrected chi connectivity index (χ0v) is 20.0. The number of carbonyl (C=O) groups excluding carboxylic acids is 1. The highest BCUT2D eigenvalue weighted by Gasteiger charge is 2.30. The Morgan fingerprint density at radius 3 is 2.77 bits per heavy atom. The van der Waals surface area contributed by atoms with E-state index < -0.39 is 0 Å². The second-order valence-electron chi connectivity index (χ2n) is 9.12. The molecule has 8 heteroatoms. The fourth-order valence-electron chi connectivity index (χ4n) is 4.81. The second kappa shape index (κ2) is 10.0. The minimum Gasteiger partial charge on any atom is -0.383 e. The number of benzene rings is 2. The fourth-order valence-corrected chi connectivity index (χ4v) is 4.81. The van der Waals surface area contributed by atoms with Crippen LogP contribution in [0.15, 0.2) is 48.8 Å². The molecule has 0 bridgehead atoms. The Hall–Kier alpha value is -3.49. The van der Waals surface area contributed by atoms with Crippen molar-refractivity contribution in [2.75, 3.05) is 44.0 Å². The first-order valence-corrected chi connectivity index (χ1v) is 12.0. The Labute approximate surface area is 204 Å². The summed E-state index contributed by atoms with van der Waals surface area (Å²) >= 11 is 0. The molecule has 1 amide bonds. The third-order valence-electron chi connectivity index (χ3n) is 6.78. The summed E-state index contributed by atoms with van der Waals surface area (Å²) in [5.41, 5.74) is 4.69. The van der Waals surface area contributed by atoms with E-state index in [1.54, 1.807) is 32.5 Å². The van der Waals surface area contributed by atoms with Gasteiger partial charge in [-0.15, -0.1) is 0 Å². The number of amides is 1. The molecule has 3 N–H and O–H groups in total. The number of carbonyl (C=O) groups is 1. The van der Waals surface area contributed by atoms with Gasteiger partial charge in [0.05, 0.1) is 12.2 Å². The number of nitrogens with zero attached hydrogens (tertiary/aromatic N) is 2. The fraction of sp³-hybridized carbons (Fsp3) is 0.333. The van der Waals surface area contributed by atoms with Gasteiger partial charge in [-0.3, -0.25) is 4.79 Å². The lowest BCUT2D eigenvalue weighted by atomic mass is 9.93. The number of piperidine rings is 1. The topological polar surface area (TPSA) is 82.3 Å². The molecular weight excluding hydrogens is 445 g/mol. The molecular formula is C27H30FN5O2. The van der Waals surface area contributed by atoms with Crippen molar-refractivity contribution >= 4 is 28.4 Å². The summed E-state index contributed by atoms with van der Waals surface area (Å²) in [5, 5.41) is 6.61. The van der Waals surface area contributed by atoms with Gasteiger partial charge in [0.15, 0.2) is 0 Å². The van der Waals surface area contributed by atoms with Crippen LogP contribution in [-0.2, 0) is 9.53 Å². The van der Waals surface area contributed by atoms with Crippen LogP contribution in [0.2, 0.25) is 0 Å². The number of methoxy groups -OCH3 is 1. The van der Waals surface area contributed by atoms with Crippen LogP contribution in [0.25, 0.3) is 11.1 Å². The lowest BCUT2D eigenvalue weighted by Gasteiger charge is -2.32. The maximum Gasteiger partial charge on any atom is 0.257 e. The number of H-pyrrole nitrogens is 1. The number of rotatable bonds is 7. The molecule has 0 saturated carbocycles. The van der Waals surface area contributed by atoms with E-state index in [4.69, 9.17) is 4.74 Å². The van der Waals surface area contributed by atoms with Crippen LogP contribution in [0, 0.1) is 12.7 Å². The number of hydrogen-bond donors (Lipinski definition) is 3. The van der Waals surface area contributed by atoms with Gasteiger partial charge in [0.25, 0.3) is 5.91 Å². The molecule has 35 heavy (non-hydrogen) atoms. The average molecular weight is 476 g/mol. The number of halogens is 1. The summed E-state index contributed by atoms with van der Waals surface area (Å²) < 4.78 is 19.7. The number of ether oxygens (including phenoxy) is 1. The predicted octanol–water partition coefficient (Wildman–Crippen LogP) is 4.29. The van der Waals surface area contributed by atoms with E-state index >= 15 is 0 Å². The quantitative estimate of drug-likeness (QED) is 0.444. The van der Waals surface area contributed by atoms with Gasteiger partial charge in [0.1, 0.15) is 11.6 Å². The van der Waals surface area contributed by atoms with E-state index in [1.165, 1.54) is 6.07 Å². The highest BCUT2D eigenvalue weighted by atomic mass is 19.1. The number of anilines is 2. The van der Waals surface area contributed by atoms with Crippen molar-refractivity contribution in [2.24, 2.45) is 0 Å². The molecule has 2 aliphatic rings. The number of nitrogens with one attached hydrogen (secondary N) is 3. The van der Waals surface area contributed by atoms with Gasteiger partial charge in [0.2, 0.25) is 0 Å². The van der Waals surface area contributed by atoms with Gasteiger partial charge in [0, 0.05) is 67.7 Å². The minimum absolute atomic E-state index is 0.226. The van der Waals surface area contributed by atoms with Gasteiger partial charge in [-0.2, -0.15) is 0 Å². The molecule has 0 spiro atoms. The van der Waals surface area contributed by atoms with Crippen molar-refractivity contribution in [1.29, 1.82) is 0 Å². The Morgan fingerprint density at radius 2 is 2.06 bits per heavy atom. The molecule has 2 aromatic carbocycles. The average Bonchev–Trinajstić information content (AvgIpc) is 3.50. The Bertz CT molecular complexity index is 1250. The van der Waals surface area contributed by atoms with E-state index in [1.807, 2.05) is 24.3 Å². The lowest BCUT2D eigenvalue weighted by molar-refractivity contribution is -0.110. The van der Waals surface area contributed by atoms with Gasteiger partial charge in [-0.05, 0) is 55.2 Å². The largest absolute Gasteiger partial charge is 0.383 e. The van der Waals surface area contributed by atoms with Gasteiger partial charge >= 0.3 is 0 Å². The highest BCUT2D eigenvalue weighted by molar-refractivity contribution is 6.38. The minimum atomic E-state index is -0.321. The predicted molar refractivity (Wildman–Crippen MR) is 136 cm³/mol. The number of hydrogen-bond acceptors (Lipinski definition) is 5.